The summed E-state index contributed by atoms with van der Waals surface area (Å²) in [7, 11) is 0. The minimum absolute atomic E-state index is 0. The summed E-state index contributed by atoms with van der Waals surface area (Å²) in [6, 6.07) is 31.2. The monoisotopic (exact) mass is 645 g/mol. The molecule has 177 valence electrons. The fourth-order valence-electron chi connectivity index (χ4n) is 3.35. The van der Waals surface area contributed by atoms with E-state index in [1.807, 2.05) is 79.7 Å². The molecule has 3 aromatic carbocycles. The van der Waals surface area contributed by atoms with Crippen molar-refractivity contribution in [2.45, 2.75) is 6.92 Å². The van der Waals surface area contributed by atoms with Crippen LogP contribution in [-0.4, -0.2) is 9.97 Å². The van der Waals surface area contributed by atoms with Gasteiger partial charge in [-0.25, -0.2) is 4.39 Å². The number of rotatable bonds is 3. The maximum Gasteiger partial charge on any atom is 0.111 e. The molecule has 0 atom stereocenters. The van der Waals surface area contributed by atoms with E-state index in [1.54, 1.807) is 18.5 Å². The summed E-state index contributed by atoms with van der Waals surface area (Å²) in [5, 5.41) is 0. The van der Waals surface area contributed by atoms with Gasteiger partial charge in [0.25, 0.3) is 0 Å². The first-order valence-corrected chi connectivity index (χ1v) is 10.5. The minimum Gasteiger partial charge on any atom is -0.305 e. The molecule has 35 heavy (non-hydrogen) atoms. The molecular weight excluding hydrogens is 626 g/mol. The molecule has 0 aliphatic rings. The summed E-state index contributed by atoms with van der Waals surface area (Å²) in [6.45, 7) is 1.85. The summed E-state index contributed by atoms with van der Waals surface area (Å²) in [6.07, 6.45) is 3.38. The van der Waals surface area contributed by atoms with Crippen LogP contribution in [0.1, 0.15) is 5.56 Å². The predicted molar refractivity (Wildman–Crippen MR) is 127 cm³/mol. The molecule has 0 spiro atoms. The normalized spacial score (nSPS) is 10.1. The Hall–Kier alpha value is -3.60. The van der Waals surface area contributed by atoms with Crippen LogP contribution >= 0.6 is 0 Å². The number of aromatic nitrogens is 2. The van der Waals surface area contributed by atoms with Gasteiger partial charge in [-0.05, 0) is 35.5 Å². The quantitative estimate of drug-likeness (QED) is 0.150. The molecule has 0 N–H and O–H groups in total. The van der Waals surface area contributed by atoms with E-state index in [0.29, 0.717) is 0 Å². The van der Waals surface area contributed by atoms with Crippen LogP contribution in [-0.2, 0) is 20.1 Å². The number of hydrogen-bond donors (Lipinski definition) is 0. The van der Waals surface area contributed by atoms with Gasteiger partial charge in [0.15, 0.2) is 0 Å². The Kier molecular flexibility index (Phi) is 9.07. The summed E-state index contributed by atoms with van der Waals surface area (Å²) in [5.74, 6) is -4.06. The number of nitrogens with zero attached hydrogens (tertiary/aromatic N) is 2. The van der Waals surface area contributed by atoms with Gasteiger partial charge in [-0.3, -0.25) is 8.78 Å². The third-order valence-electron chi connectivity index (χ3n) is 5.07. The van der Waals surface area contributed by atoms with E-state index in [-0.39, 0.29) is 31.4 Å². The third-order valence-corrected chi connectivity index (χ3v) is 5.07. The van der Waals surface area contributed by atoms with E-state index in [9.17, 15) is 13.2 Å². The Labute approximate surface area is 215 Å². The van der Waals surface area contributed by atoms with Gasteiger partial charge >= 0.3 is 0 Å². The maximum atomic E-state index is 13.8. The Morgan fingerprint density at radius 1 is 0.743 bits per heavy atom. The first kappa shape index (κ1) is 26.0. The van der Waals surface area contributed by atoms with Gasteiger partial charge in [-0.1, -0.05) is 54.1 Å². The van der Waals surface area contributed by atoms with Crippen LogP contribution in [0.2, 0.25) is 0 Å². The molecule has 5 rings (SSSR count). The summed E-state index contributed by atoms with van der Waals surface area (Å²) >= 11 is 0. The van der Waals surface area contributed by atoms with Gasteiger partial charge in [0.1, 0.15) is 5.82 Å². The zero-order valence-electron chi connectivity index (χ0n) is 18.6. The van der Waals surface area contributed by atoms with Gasteiger partial charge < -0.3 is 9.97 Å². The van der Waals surface area contributed by atoms with Gasteiger partial charge in [0, 0.05) is 38.1 Å². The van der Waals surface area contributed by atoms with Crippen molar-refractivity contribution < 1.29 is 33.3 Å². The molecule has 2 nitrogen and oxygen atoms in total. The molecule has 2 aromatic heterocycles. The molecule has 0 aliphatic carbocycles. The molecule has 0 fully saturated rings. The van der Waals surface area contributed by atoms with Crippen molar-refractivity contribution in [2.24, 2.45) is 0 Å². The molecule has 0 saturated carbocycles. The first-order chi connectivity index (χ1) is 16.5. The first-order valence-electron chi connectivity index (χ1n) is 10.5. The molecule has 0 amide bonds. The fourth-order valence-corrected chi connectivity index (χ4v) is 3.35. The average Bonchev–Trinajstić information content (AvgIpc) is 2.89. The van der Waals surface area contributed by atoms with E-state index in [0.717, 1.165) is 34.0 Å². The molecule has 1 radical (unpaired) electrons. The zero-order chi connectivity index (χ0) is 23.9. The summed E-state index contributed by atoms with van der Waals surface area (Å²) in [5.41, 5.74) is 4.78. The van der Waals surface area contributed by atoms with E-state index < -0.39 is 17.5 Å². The van der Waals surface area contributed by atoms with E-state index in [2.05, 4.69) is 22.1 Å². The minimum atomic E-state index is -1.51. The topological polar surface area (TPSA) is 25.8 Å². The molecule has 0 bridgehead atoms. The Bertz CT molecular complexity index is 1340. The Balaban J connectivity index is 0.000000223. The molecule has 0 saturated heterocycles. The van der Waals surface area contributed by atoms with E-state index in [1.165, 1.54) is 0 Å². The summed E-state index contributed by atoms with van der Waals surface area (Å²) in [4.78, 5) is 8.38. The predicted octanol–water partition coefficient (Wildman–Crippen LogP) is 7.49. The second-order valence-corrected chi connectivity index (χ2v) is 7.38. The fraction of sp³-hybridized carbons (Fsp3) is 0.0345. The van der Waals surface area contributed by atoms with E-state index in [4.69, 9.17) is 0 Å². The van der Waals surface area contributed by atoms with E-state index >= 15 is 0 Å². The van der Waals surface area contributed by atoms with Crippen molar-refractivity contribution >= 4 is 0 Å². The molecule has 5 aromatic rings. The second-order valence-electron chi connectivity index (χ2n) is 7.38. The van der Waals surface area contributed by atoms with Crippen LogP contribution in [0, 0.1) is 36.5 Å². The zero-order valence-corrected chi connectivity index (χ0v) is 21.0. The van der Waals surface area contributed by atoms with Crippen LogP contribution in [0.25, 0.3) is 33.6 Å². The number of halogens is 3. The molecular formula is C29H19F3IrN2-2. The van der Waals surface area contributed by atoms with Crippen molar-refractivity contribution in [3.63, 3.8) is 0 Å². The number of hydrogen-bond acceptors (Lipinski definition) is 2. The van der Waals surface area contributed by atoms with Crippen LogP contribution in [0.15, 0.2) is 97.3 Å². The van der Waals surface area contributed by atoms with Gasteiger partial charge in [-0.2, -0.15) is 0 Å². The maximum absolute atomic E-state index is 13.8. The molecule has 0 aliphatic heterocycles. The van der Waals surface area contributed by atoms with Crippen LogP contribution in [0.4, 0.5) is 13.2 Å². The van der Waals surface area contributed by atoms with Crippen molar-refractivity contribution in [3.05, 3.63) is 132 Å². The largest absolute Gasteiger partial charge is 0.305 e. The van der Waals surface area contributed by atoms with Crippen molar-refractivity contribution in [1.29, 1.82) is 0 Å². The van der Waals surface area contributed by atoms with Crippen LogP contribution < -0.4 is 0 Å². The second kappa shape index (κ2) is 12.2. The van der Waals surface area contributed by atoms with Crippen molar-refractivity contribution in [3.8, 4) is 33.6 Å². The molecule has 2 heterocycles. The van der Waals surface area contributed by atoms with Gasteiger partial charge in [0.05, 0.1) is 11.6 Å². The van der Waals surface area contributed by atoms with Crippen LogP contribution in [0.3, 0.4) is 0 Å². The Morgan fingerprint density at radius 2 is 1.49 bits per heavy atom. The summed E-state index contributed by atoms with van der Waals surface area (Å²) < 4.78 is 40.1. The number of pyridine rings is 2. The number of aryl methyl sites for hydroxylation is 1. The Morgan fingerprint density at radius 3 is 2.14 bits per heavy atom. The molecule has 6 heteroatoms. The SMILES string of the molecule is Cc1cc(-c2[c-]cc(F)c(F)c2F)ncc1-c1ccccc1.[Ir].[c-]1ccccc1-c1ccccn1. The van der Waals surface area contributed by atoms with Crippen LogP contribution in [0.5, 0.6) is 0 Å². The van der Waals surface area contributed by atoms with Gasteiger partial charge in [0.2, 0.25) is 0 Å². The third kappa shape index (κ3) is 6.30. The smallest absolute Gasteiger partial charge is 0.111 e. The van der Waals surface area contributed by atoms with Gasteiger partial charge in [-0.15, -0.1) is 48.0 Å². The molecule has 0 unspecified atom stereocenters. The standard InChI is InChI=1S/C18H11F3N.C11H8N.Ir/c1-11-9-16(13-7-8-15(19)18(21)17(13)20)22-10-14(11)12-5-3-2-4-6-12;1-2-6-10(7-3-1)11-8-4-5-9-12-11;/h2-6,8-10H,1H3;1-6,8-9H;/q2*-1;. The average molecular weight is 645 g/mol. The van der Waals surface area contributed by atoms with Crippen molar-refractivity contribution in [2.75, 3.05) is 0 Å². The number of benzene rings is 3. The van der Waals surface area contributed by atoms with Crippen molar-refractivity contribution in [1.82, 2.24) is 9.97 Å².